The summed E-state index contributed by atoms with van der Waals surface area (Å²) >= 11 is 6.01. The number of carbonyl (C=O) groups is 1. The Bertz CT molecular complexity index is 928. The minimum absolute atomic E-state index is 0.00461. The van der Waals surface area contributed by atoms with Gasteiger partial charge >= 0.3 is 5.97 Å². The molecule has 0 aliphatic rings. The number of aromatic carboxylic acids is 1. The van der Waals surface area contributed by atoms with Crippen LogP contribution >= 0.6 is 11.6 Å². The molecule has 5 heteroatoms. The first kappa shape index (κ1) is 12.7. The Kier molecular flexibility index (Phi) is 2.76. The van der Waals surface area contributed by atoms with Gasteiger partial charge < -0.3 is 9.67 Å². The second-order valence-corrected chi connectivity index (χ2v) is 5.00. The Balaban J connectivity index is 2.69. The third kappa shape index (κ3) is 1.69. The molecule has 0 spiro atoms. The molecule has 20 heavy (non-hydrogen) atoms. The maximum Gasteiger partial charge on any atom is 0.336 e. The minimum atomic E-state index is -1.12. The summed E-state index contributed by atoms with van der Waals surface area (Å²) in [5.41, 5.74) is 0.396. The number of aryl methyl sites for hydroxylation is 1. The van der Waals surface area contributed by atoms with Crippen LogP contribution < -0.4 is 5.56 Å². The van der Waals surface area contributed by atoms with Crippen molar-refractivity contribution in [3.8, 4) is 0 Å². The molecule has 0 fully saturated rings. The Hall–Kier alpha value is -2.33. The lowest BCUT2D eigenvalue weighted by molar-refractivity contribution is 0.0699. The molecule has 0 atom stereocenters. The van der Waals surface area contributed by atoms with E-state index in [0.717, 1.165) is 10.9 Å². The fourth-order valence-electron chi connectivity index (χ4n) is 2.48. The first-order valence-corrected chi connectivity index (χ1v) is 6.33. The maximum atomic E-state index is 12.4. The van der Waals surface area contributed by atoms with E-state index in [4.69, 9.17) is 11.6 Å². The summed E-state index contributed by atoms with van der Waals surface area (Å²) in [6.07, 6.45) is 0. The van der Waals surface area contributed by atoms with Crippen molar-refractivity contribution >= 4 is 39.2 Å². The van der Waals surface area contributed by atoms with Gasteiger partial charge in [-0.15, -0.1) is 0 Å². The van der Waals surface area contributed by atoms with E-state index in [-0.39, 0.29) is 16.5 Å². The number of nitrogens with zero attached hydrogens (tertiary/aromatic N) is 1. The molecular weight excluding hydrogens is 278 g/mol. The van der Waals surface area contributed by atoms with Gasteiger partial charge in [-0.2, -0.15) is 0 Å². The zero-order chi connectivity index (χ0) is 14.4. The van der Waals surface area contributed by atoms with Gasteiger partial charge in [0.25, 0.3) is 5.56 Å². The highest BCUT2D eigenvalue weighted by Crippen LogP contribution is 2.27. The maximum absolute atomic E-state index is 12.4. The minimum Gasteiger partial charge on any atom is -0.478 e. The van der Waals surface area contributed by atoms with Crippen molar-refractivity contribution < 1.29 is 9.90 Å². The number of hydrogen-bond acceptors (Lipinski definition) is 2. The van der Waals surface area contributed by atoms with Gasteiger partial charge in [0.05, 0.1) is 16.5 Å². The SMILES string of the molecule is Cn1c(=O)c2c(C(=O)O)cccc2c2cc(Cl)ccc21. The van der Waals surface area contributed by atoms with Crippen molar-refractivity contribution in [2.24, 2.45) is 7.05 Å². The molecule has 0 aliphatic carbocycles. The van der Waals surface area contributed by atoms with Crippen molar-refractivity contribution in [3.05, 3.63) is 57.3 Å². The van der Waals surface area contributed by atoms with Gasteiger partial charge in [-0.05, 0) is 29.7 Å². The molecule has 0 bridgehead atoms. The number of carboxylic acids is 1. The van der Waals surface area contributed by atoms with Gasteiger partial charge in [-0.25, -0.2) is 4.79 Å². The molecule has 4 nitrogen and oxygen atoms in total. The van der Waals surface area contributed by atoms with Gasteiger partial charge in [-0.1, -0.05) is 23.7 Å². The van der Waals surface area contributed by atoms with Crippen LogP contribution in [0.5, 0.6) is 0 Å². The van der Waals surface area contributed by atoms with Crippen LogP contribution in [0.3, 0.4) is 0 Å². The molecule has 0 saturated carbocycles. The monoisotopic (exact) mass is 287 g/mol. The predicted molar refractivity (Wildman–Crippen MR) is 78.7 cm³/mol. The third-order valence-corrected chi connectivity index (χ3v) is 3.66. The summed E-state index contributed by atoms with van der Waals surface area (Å²) in [6, 6.07) is 10.0. The lowest BCUT2D eigenvalue weighted by Crippen LogP contribution is -2.19. The van der Waals surface area contributed by atoms with E-state index in [1.54, 1.807) is 37.4 Å². The number of rotatable bonds is 1. The Morgan fingerprint density at radius 1 is 1.20 bits per heavy atom. The van der Waals surface area contributed by atoms with Crippen molar-refractivity contribution in [2.75, 3.05) is 0 Å². The van der Waals surface area contributed by atoms with Crippen LogP contribution in [0.2, 0.25) is 5.02 Å². The standard InChI is InChI=1S/C15H10ClNO3/c1-17-12-6-5-8(16)7-11(12)9-3-2-4-10(15(19)20)13(9)14(17)18/h2-7H,1H3,(H,19,20). The lowest BCUT2D eigenvalue weighted by Gasteiger charge is -2.10. The number of hydrogen-bond donors (Lipinski definition) is 1. The summed E-state index contributed by atoms with van der Waals surface area (Å²) in [6.45, 7) is 0. The van der Waals surface area contributed by atoms with E-state index in [1.807, 2.05) is 0 Å². The fourth-order valence-corrected chi connectivity index (χ4v) is 2.65. The van der Waals surface area contributed by atoms with Gasteiger partial charge in [0.1, 0.15) is 0 Å². The molecule has 0 unspecified atom stereocenters. The molecule has 1 heterocycles. The molecule has 1 N–H and O–H groups in total. The van der Waals surface area contributed by atoms with Crippen LogP contribution in [0.4, 0.5) is 0 Å². The van der Waals surface area contributed by atoms with Crippen molar-refractivity contribution in [1.82, 2.24) is 4.57 Å². The van der Waals surface area contributed by atoms with Gasteiger partial charge in [0.2, 0.25) is 0 Å². The number of benzene rings is 2. The Morgan fingerprint density at radius 3 is 2.65 bits per heavy atom. The molecule has 1 aromatic heterocycles. The third-order valence-electron chi connectivity index (χ3n) is 3.42. The molecule has 0 amide bonds. The lowest BCUT2D eigenvalue weighted by atomic mass is 10.0. The topological polar surface area (TPSA) is 59.3 Å². The summed E-state index contributed by atoms with van der Waals surface area (Å²) in [5.74, 6) is -1.12. The number of carboxylic acid groups (broad SMARTS) is 1. The largest absolute Gasteiger partial charge is 0.478 e. The van der Waals surface area contributed by atoms with Crippen molar-refractivity contribution in [2.45, 2.75) is 0 Å². The van der Waals surface area contributed by atoms with E-state index < -0.39 is 5.97 Å². The normalized spacial score (nSPS) is 11.1. The van der Waals surface area contributed by atoms with Crippen LogP contribution in [-0.4, -0.2) is 15.6 Å². The number of pyridine rings is 1. The quantitative estimate of drug-likeness (QED) is 0.700. The number of aromatic nitrogens is 1. The highest BCUT2D eigenvalue weighted by Gasteiger charge is 2.15. The summed E-state index contributed by atoms with van der Waals surface area (Å²) in [5, 5.41) is 11.4. The molecule has 0 saturated heterocycles. The Labute approximate surface area is 118 Å². The molecule has 0 radical (unpaired) electrons. The van der Waals surface area contributed by atoms with E-state index in [2.05, 4.69) is 0 Å². The highest BCUT2D eigenvalue weighted by molar-refractivity contribution is 6.31. The van der Waals surface area contributed by atoms with Gasteiger partial charge in [0, 0.05) is 17.5 Å². The van der Waals surface area contributed by atoms with Crippen LogP contribution in [-0.2, 0) is 7.05 Å². The summed E-state index contributed by atoms with van der Waals surface area (Å²) in [7, 11) is 1.62. The van der Waals surface area contributed by atoms with Crippen molar-refractivity contribution in [3.63, 3.8) is 0 Å². The van der Waals surface area contributed by atoms with Crippen LogP contribution in [0.25, 0.3) is 21.7 Å². The van der Waals surface area contributed by atoms with Crippen LogP contribution in [0.1, 0.15) is 10.4 Å². The average Bonchev–Trinajstić information content (AvgIpc) is 2.43. The highest BCUT2D eigenvalue weighted by atomic mass is 35.5. The first-order valence-electron chi connectivity index (χ1n) is 5.95. The van der Waals surface area contributed by atoms with E-state index in [9.17, 15) is 14.7 Å². The zero-order valence-corrected chi connectivity index (χ0v) is 11.3. The molecular formula is C15H10ClNO3. The van der Waals surface area contributed by atoms with E-state index >= 15 is 0 Å². The second-order valence-electron chi connectivity index (χ2n) is 4.56. The number of halogens is 1. The zero-order valence-electron chi connectivity index (χ0n) is 10.6. The van der Waals surface area contributed by atoms with Gasteiger partial charge in [0.15, 0.2) is 0 Å². The first-order chi connectivity index (χ1) is 9.50. The molecule has 3 aromatic rings. The van der Waals surface area contributed by atoms with Crippen LogP contribution in [0, 0.1) is 0 Å². The molecule has 3 rings (SSSR count). The molecule has 0 aliphatic heterocycles. The van der Waals surface area contributed by atoms with E-state index in [1.165, 1.54) is 10.6 Å². The second kappa shape index (κ2) is 4.35. The predicted octanol–water partition coefficient (Wildman–Crippen LogP) is 3.04. The van der Waals surface area contributed by atoms with Crippen LogP contribution in [0.15, 0.2) is 41.2 Å². The fraction of sp³-hybridized carbons (Fsp3) is 0.0667. The van der Waals surface area contributed by atoms with E-state index in [0.29, 0.717) is 10.4 Å². The average molecular weight is 288 g/mol. The van der Waals surface area contributed by atoms with Crippen molar-refractivity contribution in [1.29, 1.82) is 0 Å². The molecule has 2 aromatic carbocycles. The number of fused-ring (bicyclic) bond motifs is 3. The summed E-state index contributed by atoms with van der Waals surface area (Å²) in [4.78, 5) is 23.7. The smallest absolute Gasteiger partial charge is 0.336 e. The summed E-state index contributed by atoms with van der Waals surface area (Å²) < 4.78 is 1.44. The Morgan fingerprint density at radius 2 is 1.95 bits per heavy atom. The van der Waals surface area contributed by atoms with Gasteiger partial charge in [-0.3, -0.25) is 4.79 Å². The molecule has 100 valence electrons.